The third-order valence-electron chi connectivity index (χ3n) is 11.5. The molecule has 18 heteroatoms. The molecule has 2 N–H and O–H groups in total. The zero-order valence-corrected chi connectivity index (χ0v) is 37.3. The molecular formula is C46H57F2N7O7S2. The molecule has 0 unspecified atom stereocenters. The molecule has 2 aliphatic heterocycles. The second-order valence-corrected chi connectivity index (χ2v) is 21.3. The van der Waals surface area contributed by atoms with Gasteiger partial charge in [0.15, 0.2) is 19.7 Å². The molecule has 7 rings (SSSR count). The van der Waals surface area contributed by atoms with E-state index in [4.69, 9.17) is 4.74 Å². The molecule has 64 heavy (non-hydrogen) atoms. The van der Waals surface area contributed by atoms with Crippen molar-refractivity contribution in [2.24, 2.45) is 11.8 Å². The first kappa shape index (κ1) is 50.9. The summed E-state index contributed by atoms with van der Waals surface area (Å²) < 4.78 is 81.6. The molecule has 4 heterocycles. The molecule has 0 atom stereocenters. The number of halogens is 2. The zero-order valence-electron chi connectivity index (χ0n) is 35.7. The van der Waals surface area contributed by atoms with Gasteiger partial charge in [-0.1, -0.05) is 37.8 Å². The van der Waals surface area contributed by atoms with Crippen molar-refractivity contribution in [2.75, 3.05) is 31.5 Å². The van der Waals surface area contributed by atoms with Crippen molar-refractivity contribution in [3.8, 4) is 5.75 Å². The van der Waals surface area contributed by atoms with Gasteiger partial charge in [-0.15, -0.1) is 0 Å². The van der Waals surface area contributed by atoms with Crippen LogP contribution in [0.4, 0.5) is 19.3 Å². The Labute approximate surface area is 375 Å². The quantitative estimate of drug-likeness (QED) is 0.103. The van der Waals surface area contributed by atoms with Crippen LogP contribution in [0.1, 0.15) is 66.4 Å². The summed E-state index contributed by atoms with van der Waals surface area (Å²) in [6.45, 7) is 9.42. The fraction of sp³-hybridized carbons (Fsp3) is 0.391. The van der Waals surface area contributed by atoms with E-state index in [2.05, 4.69) is 31.0 Å². The SMILES string of the molecule is C.CC(C)(C1CCN(C(=O)Nc2ccnnc2)CC1)S(=O)(=O)c1cccc(F)c1.CC(C)(C1CCNCC1)S(=O)(=O)c1cccc(F)c1.O=C(Cc1ccnnc1)Oc1ccccc1. The standard InChI is InChI=1S/C19H23FN4O3S.C14H20FNO2S.C12H10N2O2.CH4/c1-19(2,28(26,27)17-5-3-4-15(20)12-17)14-7-10-24(11-8-14)18(25)23-16-6-9-21-22-13-16;1-14(2,11-6-8-16-9-7-11)19(17,18)13-5-3-4-12(15)10-13;15-12(8-10-6-7-13-14-9-10)16-11-4-2-1-3-5-11;/h3-6,9,12-14H,7-8,10-11H2,1-2H3,(H,21,23,25);3-5,10-11,16H,6-9H2,1-2H3;1-7,9H,8H2;1H4. The number of piperidine rings is 2. The maximum absolute atomic E-state index is 13.5. The number of urea groups is 1. The molecule has 14 nitrogen and oxygen atoms in total. The van der Waals surface area contributed by atoms with Gasteiger partial charge in [0.2, 0.25) is 0 Å². The number of nitrogens with one attached hydrogen (secondary N) is 2. The maximum Gasteiger partial charge on any atom is 0.321 e. The third-order valence-corrected chi connectivity index (χ3v) is 16.7. The number of hydrogen-bond acceptors (Lipinski definition) is 12. The van der Waals surface area contributed by atoms with Crippen LogP contribution in [0.2, 0.25) is 0 Å². The lowest BCUT2D eigenvalue weighted by molar-refractivity contribution is -0.133. The topological polar surface area (TPSA) is 191 Å². The summed E-state index contributed by atoms with van der Waals surface area (Å²) in [5, 5.41) is 20.7. The van der Waals surface area contributed by atoms with Crippen LogP contribution in [-0.2, 0) is 30.9 Å². The van der Waals surface area contributed by atoms with Crippen molar-refractivity contribution < 1.29 is 39.9 Å². The highest BCUT2D eigenvalue weighted by Crippen LogP contribution is 2.39. The lowest BCUT2D eigenvalue weighted by Gasteiger charge is -2.40. The van der Waals surface area contributed by atoms with E-state index in [0.29, 0.717) is 37.4 Å². The van der Waals surface area contributed by atoms with Gasteiger partial charge in [-0.3, -0.25) is 4.79 Å². The van der Waals surface area contributed by atoms with E-state index in [0.717, 1.165) is 43.6 Å². The minimum absolute atomic E-state index is 0. The smallest absolute Gasteiger partial charge is 0.321 e. The summed E-state index contributed by atoms with van der Waals surface area (Å²) in [4.78, 5) is 25.6. The molecule has 0 bridgehead atoms. The van der Waals surface area contributed by atoms with Gasteiger partial charge in [-0.2, -0.15) is 20.4 Å². The molecule has 2 amide bonds. The summed E-state index contributed by atoms with van der Waals surface area (Å²) in [6.07, 6.45) is 9.00. The van der Waals surface area contributed by atoms with E-state index < -0.39 is 40.8 Å². The number of anilines is 1. The first-order valence-corrected chi connectivity index (χ1v) is 23.4. The minimum Gasteiger partial charge on any atom is -0.426 e. The fourth-order valence-electron chi connectivity index (χ4n) is 7.42. The Kier molecular flexibility index (Phi) is 18.1. The van der Waals surface area contributed by atoms with Crippen molar-refractivity contribution in [3.05, 3.63) is 133 Å². The van der Waals surface area contributed by atoms with E-state index in [1.165, 1.54) is 48.8 Å². The van der Waals surface area contributed by atoms with Crippen LogP contribution >= 0.6 is 0 Å². The average molecular weight is 922 g/mol. The molecular weight excluding hydrogens is 865 g/mol. The summed E-state index contributed by atoms with van der Waals surface area (Å²) in [5.74, 6) is -0.890. The number of amides is 2. The molecule has 5 aromatic rings. The number of esters is 1. The number of para-hydroxylation sites is 1. The van der Waals surface area contributed by atoms with Crippen molar-refractivity contribution in [2.45, 2.75) is 86.5 Å². The molecule has 0 spiro atoms. The first-order valence-electron chi connectivity index (χ1n) is 20.5. The van der Waals surface area contributed by atoms with Gasteiger partial charge >= 0.3 is 12.0 Å². The Bertz CT molecular complexity index is 2450. The summed E-state index contributed by atoms with van der Waals surface area (Å²) in [5.41, 5.74) is 1.34. The van der Waals surface area contributed by atoms with Crippen molar-refractivity contribution in [3.63, 3.8) is 0 Å². The van der Waals surface area contributed by atoms with Crippen LogP contribution in [0.3, 0.4) is 0 Å². The number of hydrogen-bond donors (Lipinski definition) is 2. The van der Waals surface area contributed by atoms with Crippen molar-refractivity contribution in [1.82, 2.24) is 30.6 Å². The predicted octanol–water partition coefficient (Wildman–Crippen LogP) is 7.75. The monoisotopic (exact) mass is 921 g/mol. The van der Waals surface area contributed by atoms with Gasteiger partial charge in [-0.25, -0.2) is 30.4 Å². The third kappa shape index (κ3) is 13.2. The summed E-state index contributed by atoms with van der Waals surface area (Å²) in [6, 6.07) is 22.5. The normalized spacial score (nSPS) is 14.9. The number of benzene rings is 3. The highest BCUT2D eigenvalue weighted by Gasteiger charge is 2.45. The number of ether oxygens (including phenoxy) is 1. The highest BCUT2D eigenvalue weighted by molar-refractivity contribution is 7.93. The fourth-order valence-corrected chi connectivity index (χ4v) is 11.0. The average Bonchev–Trinajstić information content (AvgIpc) is 3.28. The number of rotatable bonds is 10. The van der Waals surface area contributed by atoms with Crippen LogP contribution in [0, 0.1) is 23.5 Å². The number of carbonyl (C=O) groups excluding carboxylic acids is 2. The molecule has 2 saturated heterocycles. The van der Waals surface area contributed by atoms with Crippen LogP contribution in [0.5, 0.6) is 5.75 Å². The van der Waals surface area contributed by atoms with Gasteiger partial charge < -0.3 is 20.3 Å². The number of likely N-dealkylation sites (tertiary alicyclic amines) is 1. The number of aromatic nitrogens is 4. The van der Waals surface area contributed by atoms with Crippen LogP contribution in [0.25, 0.3) is 0 Å². The molecule has 3 aromatic carbocycles. The lowest BCUT2D eigenvalue weighted by atomic mass is 9.86. The van der Waals surface area contributed by atoms with E-state index in [1.807, 2.05) is 18.2 Å². The Morgan fingerprint density at radius 3 is 1.70 bits per heavy atom. The Hall–Kier alpha value is -5.72. The molecule has 344 valence electrons. The van der Waals surface area contributed by atoms with Crippen LogP contribution in [0.15, 0.2) is 126 Å². The van der Waals surface area contributed by atoms with Gasteiger partial charge in [0.25, 0.3) is 0 Å². The second-order valence-electron chi connectivity index (χ2n) is 16.2. The Morgan fingerprint density at radius 2 is 1.22 bits per heavy atom. The highest BCUT2D eigenvalue weighted by atomic mass is 32.2. The molecule has 0 radical (unpaired) electrons. The molecule has 2 fully saturated rings. The molecule has 2 aromatic heterocycles. The Morgan fingerprint density at radius 1 is 0.703 bits per heavy atom. The van der Waals surface area contributed by atoms with Crippen LogP contribution < -0.4 is 15.4 Å². The van der Waals surface area contributed by atoms with Gasteiger partial charge in [0.1, 0.15) is 17.4 Å². The maximum atomic E-state index is 13.5. The molecule has 0 saturated carbocycles. The largest absolute Gasteiger partial charge is 0.426 e. The summed E-state index contributed by atoms with van der Waals surface area (Å²) in [7, 11) is -7.25. The summed E-state index contributed by atoms with van der Waals surface area (Å²) >= 11 is 0. The molecule has 2 aliphatic rings. The van der Waals surface area contributed by atoms with E-state index in [-0.39, 0.29) is 47.5 Å². The zero-order chi connectivity index (χ0) is 45.7. The lowest BCUT2D eigenvalue weighted by Crippen LogP contribution is -2.48. The van der Waals surface area contributed by atoms with Gasteiger partial charge in [-0.05, 0) is 145 Å². The Balaban J connectivity index is 0.000000219. The van der Waals surface area contributed by atoms with E-state index >= 15 is 0 Å². The first-order chi connectivity index (χ1) is 29.9. The van der Waals surface area contributed by atoms with Crippen LogP contribution in [-0.4, -0.2) is 89.8 Å². The molecule has 0 aliphatic carbocycles. The van der Waals surface area contributed by atoms with Crippen molar-refractivity contribution >= 4 is 37.4 Å². The number of nitrogens with zero attached hydrogens (tertiary/aromatic N) is 5. The van der Waals surface area contributed by atoms with Gasteiger partial charge in [0, 0.05) is 19.3 Å². The minimum atomic E-state index is -3.72. The number of carbonyl (C=O) groups is 2. The van der Waals surface area contributed by atoms with Crippen molar-refractivity contribution in [1.29, 1.82) is 0 Å². The predicted molar refractivity (Wildman–Crippen MR) is 241 cm³/mol. The second kappa shape index (κ2) is 22.8. The van der Waals surface area contributed by atoms with E-state index in [9.17, 15) is 35.2 Å². The van der Waals surface area contributed by atoms with Gasteiger partial charge in [0.05, 0.1) is 50.0 Å². The number of sulfone groups is 2. The van der Waals surface area contributed by atoms with E-state index in [1.54, 1.807) is 69.3 Å².